The van der Waals surface area contributed by atoms with Gasteiger partial charge in [0.15, 0.2) is 0 Å². The molecule has 0 aliphatic rings. The molecule has 0 aliphatic carbocycles. The fourth-order valence-electron chi connectivity index (χ4n) is 7.45. The third-order valence-corrected chi connectivity index (χ3v) is 10.3. The molecule has 10 aromatic rings. The second-order valence-corrected chi connectivity index (χ2v) is 13.6. The first-order chi connectivity index (χ1) is 27.2. The second-order valence-electron chi connectivity index (χ2n) is 13.6. The van der Waals surface area contributed by atoms with Gasteiger partial charge in [-0.3, -0.25) is 15.0 Å². The summed E-state index contributed by atoms with van der Waals surface area (Å²) in [6.45, 7) is 0. The first-order valence-electron chi connectivity index (χ1n) is 18.3. The molecule has 10 rings (SSSR count). The lowest BCUT2D eigenvalue weighted by molar-refractivity contribution is 1.17. The van der Waals surface area contributed by atoms with Crippen LogP contribution in [-0.4, -0.2) is 24.5 Å². The highest BCUT2D eigenvalue weighted by molar-refractivity contribution is 6.10. The van der Waals surface area contributed by atoms with E-state index in [0.717, 1.165) is 78.1 Å². The van der Waals surface area contributed by atoms with E-state index in [2.05, 4.69) is 160 Å². The van der Waals surface area contributed by atoms with Crippen LogP contribution in [0.5, 0.6) is 0 Å². The molecule has 5 heterocycles. The van der Waals surface area contributed by atoms with E-state index in [4.69, 9.17) is 9.97 Å². The minimum Gasteiger partial charge on any atom is -0.309 e. The molecule has 0 spiro atoms. The number of hydrogen-bond acceptors (Lipinski definition) is 4. The summed E-state index contributed by atoms with van der Waals surface area (Å²) in [5, 5.41) is 2.31. The van der Waals surface area contributed by atoms with Crippen LogP contribution in [0.25, 0.3) is 94.6 Å². The average Bonchev–Trinajstić information content (AvgIpc) is 3.61. The molecule has 0 fully saturated rings. The molecular weight excluding hydrogens is 671 g/mol. The number of hydrogen-bond donors (Lipinski definition) is 0. The van der Waals surface area contributed by atoms with Gasteiger partial charge in [0.25, 0.3) is 0 Å². The average molecular weight is 704 g/mol. The Morgan fingerprint density at radius 1 is 0.327 bits per heavy atom. The number of rotatable bonds is 7. The molecule has 0 aliphatic heterocycles. The Hall–Kier alpha value is -7.50. The van der Waals surface area contributed by atoms with Crippen molar-refractivity contribution in [2.75, 3.05) is 0 Å². The van der Waals surface area contributed by atoms with Gasteiger partial charge in [0.1, 0.15) is 0 Å². The lowest BCUT2D eigenvalue weighted by atomic mass is 9.97. The summed E-state index contributed by atoms with van der Waals surface area (Å²) in [6.07, 6.45) is 9.37. The molecule has 0 radical (unpaired) electrons. The van der Waals surface area contributed by atoms with Crippen LogP contribution in [0.15, 0.2) is 201 Å². The predicted molar refractivity (Wildman–Crippen MR) is 225 cm³/mol. The van der Waals surface area contributed by atoms with E-state index in [1.165, 1.54) is 16.5 Å². The van der Waals surface area contributed by atoms with Gasteiger partial charge >= 0.3 is 0 Å². The van der Waals surface area contributed by atoms with Gasteiger partial charge in [0.2, 0.25) is 0 Å². The molecule has 5 aromatic carbocycles. The van der Waals surface area contributed by atoms with Gasteiger partial charge in [-0.2, -0.15) is 0 Å². The summed E-state index contributed by atoms with van der Waals surface area (Å²) in [7, 11) is 0. The molecule has 5 nitrogen and oxygen atoms in total. The van der Waals surface area contributed by atoms with Gasteiger partial charge in [-0.1, -0.05) is 115 Å². The maximum Gasteiger partial charge on any atom is 0.0899 e. The number of pyridine rings is 4. The molecule has 5 heteroatoms. The van der Waals surface area contributed by atoms with Crippen LogP contribution in [0, 0.1) is 0 Å². The van der Waals surface area contributed by atoms with Crippen LogP contribution in [0.1, 0.15) is 0 Å². The van der Waals surface area contributed by atoms with E-state index in [9.17, 15) is 0 Å². The first-order valence-corrected chi connectivity index (χ1v) is 18.3. The summed E-state index contributed by atoms with van der Waals surface area (Å²) >= 11 is 0. The Kier molecular flexibility index (Phi) is 8.08. The van der Waals surface area contributed by atoms with Crippen LogP contribution in [0.3, 0.4) is 0 Å². The van der Waals surface area contributed by atoms with E-state index in [0.29, 0.717) is 0 Å². The summed E-state index contributed by atoms with van der Waals surface area (Å²) < 4.78 is 2.31. The number of para-hydroxylation sites is 1. The lowest BCUT2D eigenvalue weighted by Gasteiger charge is -2.12. The fourth-order valence-corrected chi connectivity index (χ4v) is 7.45. The largest absolute Gasteiger partial charge is 0.309 e. The SMILES string of the molecule is c1ccc(-c2ccc(-c3cc(-c4ccc(-c5ccc6c(c5)c5cnccc5n6-c5ccccc5)cc4)cc(-c4ccc(-c5cccnc5)cn4)n3)cc2)cc1. The molecule has 0 amide bonds. The monoisotopic (exact) mass is 703 g/mol. The second kappa shape index (κ2) is 13.8. The number of nitrogens with zero attached hydrogens (tertiary/aromatic N) is 5. The van der Waals surface area contributed by atoms with Crippen LogP contribution >= 0.6 is 0 Å². The summed E-state index contributed by atoms with van der Waals surface area (Å²) in [4.78, 5) is 18.8. The molecule has 0 bridgehead atoms. The fraction of sp³-hybridized carbons (Fsp3) is 0. The molecule has 0 saturated carbocycles. The lowest BCUT2D eigenvalue weighted by Crippen LogP contribution is -1.94. The summed E-state index contributed by atoms with van der Waals surface area (Å²) in [5.41, 5.74) is 15.9. The summed E-state index contributed by atoms with van der Waals surface area (Å²) in [5.74, 6) is 0. The standard InChI is InChI=1S/C50H33N5/c1-3-8-34(9-4-1)35-17-19-38(20-18-35)47-29-42(30-48(54-47)46-23-21-41(32-53-46)40-10-7-26-51-31-40)37-15-13-36(14-16-37)39-22-24-49-44(28-39)45-33-52-27-25-50(45)55(49)43-11-5-2-6-12-43/h1-33H. The Morgan fingerprint density at radius 2 is 0.909 bits per heavy atom. The first kappa shape index (κ1) is 32.2. The van der Waals surface area contributed by atoms with E-state index < -0.39 is 0 Å². The molecular formula is C50H33N5. The van der Waals surface area contributed by atoms with Crippen molar-refractivity contribution in [2.24, 2.45) is 0 Å². The van der Waals surface area contributed by atoms with Gasteiger partial charge < -0.3 is 4.57 Å². The molecule has 0 saturated heterocycles. The van der Waals surface area contributed by atoms with Crippen molar-refractivity contribution in [3.05, 3.63) is 201 Å². The maximum absolute atomic E-state index is 5.17. The molecule has 258 valence electrons. The number of aromatic nitrogens is 5. The normalized spacial score (nSPS) is 11.3. The number of benzene rings is 5. The number of fused-ring (bicyclic) bond motifs is 3. The predicted octanol–water partition coefficient (Wildman–Crippen LogP) is 12.4. The van der Waals surface area contributed by atoms with Crippen molar-refractivity contribution in [2.45, 2.75) is 0 Å². The zero-order valence-corrected chi connectivity index (χ0v) is 29.8. The third kappa shape index (κ3) is 6.14. The van der Waals surface area contributed by atoms with Crippen molar-refractivity contribution in [1.29, 1.82) is 0 Å². The summed E-state index contributed by atoms with van der Waals surface area (Å²) in [6, 6.07) is 59.7. The van der Waals surface area contributed by atoms with Crippen molar-refractivity contribution in [1.82, 2.24) is 24.5 Å². The highest BCUT2D eigenvalue weighted by Crippen LogP contribution is 2.36. The van der Waals surface area contributed by atoms with E-state index in [-0.39, 0.29) is 0 Å². The van der Waals surface area contributed by atoms with Crippen LogP contribution in [0.2, 0.25) is 0 Å². The Balaban J connectivity index is 1.03. The van der Waals surface area contributed by atoms with Crippen molar-refractivity contribution in [3.63, 3.8) is 0 Å². The van der Waals surface area contributed by atoms with E-state index in [1.54, 1.807) is 6.20 Å². The van der Waals surface area contributed by atoms with E-state index >= 15 is 0 Å². The van der Waals surface area contributed by atoms with Crippen molar-refractivity contribution in [3.8, 4) is 72.8 Å². The van der Waals surface area contributed by atoms with Crippen LogP contribution in [0.4, 0.5) is 0 Å². The van der Waals surface area contributed by atoms with Crippen molar-refractivity contribution >= 4 is 21.8 Å². The van der Waals surface area contributed by atoms with Crippen molar-refractivity contribution < 1.29 is 0 Å². The highest BCUT2D eigenvalue weighted by atomic mass is 15.0. The van der Waals surface area contributed by atoms with Gasteiger partial charge in [-0.05, 0) is 88.0 Å². The van der Waals surface area contributed by atoms with Gasteiger partial charge in [-0.25, -0.2) is 4.98 Å². The maximum atomic E-state index is 5.17. The van der Waals surface area contributed by atoms with Gasteiger partial charge in [0, 0.05) is 64.1 Å². The Labute approximate surface area is 318 Å². The topological polar surface area (TPSA) is 56.5 Å². The molecule has 0 unspecified atom stereocenters. The van der Waals surface area contributed by atoms with E-state index in [1.807, 2.05) is 49.1 Å². The Bertz CT molecular complexity index is 2820. The molecule has 0 atom stereocenters. The molecule has 0 N–H and O–H groups in total. The highest BCUT2D eigenvalue weighted by Gasteiger charge is 2.15. The minimum atomic E-state index is 0.811. The zero-order valence-electron chi connectivity index (χ0n) is 29.8. The quantitative estimate of drug-likeness (QED) is 0.166. The van der Waals surface area contributed by atoms with Gasteiger partial charge in [0.05, 0.1) is 28.1 Å². The minimum absolute atomic E-state index is 0.811. The van der Waals surface area contributed by atoms with Crippen LogP contribution < -0.4 is 0 Å². The molecule has 5 aromatic heterocycles. The van der Waals surface area contributed by atoms with Gasteiger partial charge in [-0.15, -0.1) is 0 Å². The zero-order chi connectivity index (χ0) is 36.6. The molecule has 55 heavy (non-hydrogen) atoms. The smallest absolute Gasteiger partial charge is 0.0899 e. The third-order valence-electron chi connectivity index (χ3n) is 10.3. The van der Waals surface area contributed by atoms with Crippen LogP contribution in [-0.2, 0) is 0 Å². The Morgan fingerprint density at radius 3 is 1.64 bits per heavy atom.